The lowest BCUT2D eigenvalue weighted by Crippen LogP contribution is -2.40. The molecule has 122 valence electrons. The molecule has 0 radical (unpaired) electrons. The van der Waals surface area contributed by atoms with Crippen molar-refractivity contribution >= 4 is 11.7 Å². The minimum absolute atomic E-state index is 0.0644. The standard InChI is InChI=1S/C17H23N5O/c1-12-6-4-8-16(19-12)18-11-14-7-5-9-22(14)17(23)15-10-13(2)20-21(15)3/h4,6,8,10,14H,5,7,9,11H2,1-3H3,(H,18,19). The Bertz CT molecular complexity index is 709. The lowest BCUT2D eigenvalue weighted by atomic mass is 10.2. The molecule has 6 nitrogen and oxygen atoms in total. The van der Waals surface area contributed by atoms with Crippen molar-refractivity contribution in [2.24, 2.45) is 7.05 Å². The van der Waals surface area contributed by atoms with Gasteiger partial charge in [0.15, 0.2) is 0 Å². The number of hydrogen-bond acceptors (Lipinski definition) is 4. The molecule has 1 amide bonds. The Morgan fingerprint density at radius 1 is 1.35 bits per heavy atom. The Morgan fingerprint density at radius 3 is 2.87 bits per heavy atom. The number of likely N-dealkylation sites (tertiary alicyclic amines) is 1. The third-order valence-corrected chi connectivity index (χ3v) is 4.27. The zero-order valence-corrected chi connectivity index (χ0v) is 13.9. The molecule has 23 heavy (non-hydrogen) atoms. The van der Waals surface area contributed by atoms with E-state index in [4.69, 9.17) is 0 Å². The fraction of sp³-hybridized carbons (Fsp3) is 0.471. The molecule has 0 spiro atoms. The van der Waals surface area contributed by atoms with Gasteiger partial charge in [-0.15, -0.1) is 0 Å². The van der Waals surface area contributed by atoms with Gasteiger partial charge in [0, 0.05) is 31.9 Å². The Hall–Kier alpha value is -2.37. The van der Waals surface area contributed by atoms with Crippen molar-refractivity contribution in [1.29, 1.82) is 0 Å². The minimum Gasteiger partial charge on any atom is -0.368 e. The Morgan fingerprint density at radius 2 is 2.17 bits per heavy atom. The summed E-state index contributed by atoms with van der Waals surface area (Å²) >= 11 is 0. The summed E-state index contributed by atoms with van der Waals surface area (Å²) in [5.74, 6) is 0.926. The van der Waals surface area contributed by atoms with Gasteiger partial charge in [0.25, 0.3) is 5.91 Å². The normalized spacial score (nSPS) is 17.5. The summed E-state index contributed by atoms with van der Waals surface area (Å²) < 4.78 is 1.67. The van der Waals surface area contributed by atoms with Gasteiger partial charge in [-0.25, -0.2) is 4.98 Å². The fourth-order valence-corrected chi connectivity index (χ4v) is 3.14. The molecular formula is C17H23N5O. The second-order valence-corrected chi connectivity index (χ2v) is 6.13. The molecule has 3 rings (SSSR count). The van der Waals surface area contributed by atoms with Crippen molar-refractivity contribution < 1.29 is 4.79 Å². The van der Waals surface area contributed by atoms with Gasteiger partial charge in [-0.1, -0.05) is 6.07 Å². The fourth-order valence-electron chi connectivity index (χ4n) is 3.14. The van der Waals surface area contributed by atoms with Crippen LogP contribution in [0.4, 0.5) is 5.82 Å². The SMILES string of the molecule is Cc1cccc(NCC2CCCN2C(=O)c2cc(C)nn2C)n1. The Labute approximate surface area is 136 Å². The molecule has 1 atom stereocenters. The first-order chi connectivity index (χ1) is 11.0. The van der Waals surface area contributed by atoms with Crippen molar-refractivity contribution in [2.75, 3.05) is 18.4 Å². The van der Waals surface area contributed by atoms with Crippen molar-refractivity contribution in [3.8, 4) is 0 Å². The molecule has 2 aromatic rings. The Balaban J connectivity index is 1.68. The van der Waals surface area contributed by atoms with Crippen molar-refractivity contribution in [3.05, 3.63) is 41.3 Å². The van der Waals surface area contributed by atoms with E-state index in [-0.39, 0.29) is 11.9 Å². The number of carbonyl (C=O) groups is 1. The van der Waals surface area contributed by atoms with Crippen LogP contribution >= 0.6 is 0 Å². The number of nitrogens with one attached hydrogen (secondary N) is 1. The summed E-state index contributed by atoms with van der Waals surface area (Å²) in [7, 11) is 1.82. The Kier molecular flexibility index (Phi) is 4.32. The molecule has 0 bridgehead atoms. The number of pyridine rings is 1. The summed E-state index contributed by atoms with van der Waals surface area (Å²) in [6, 6.07) is 7.97. The third-order valence-electron chi connectivity index (χ3n) is 4.27. The average molecular weight is 313 g/mol. The molecule has 2 aromatic heterocycles. The molecule has 1 fully saturated rings. The van der Waals surface area contributed by atoms with E-state index in [9.17, 15) is 4.79 Å². The van der Waals surface area contributed by atoms with E-state index in [1.165, 1.54) is 0 Å². The van der Waals surface area contributed by atoms with Crippen molar-refractivity contribution in [3.63, 3.8) is 0 Å². The first kappa shape index (κ1) is 15.5. The predicted molar refractivity (Wildman–Crippen MR) is 89.5 cm³/mol. The molecule has 1 unspecified atom stereocenters. The molecule has 6 heteroatoms. The van der Waals surface area contributed by atoms with Crippen LogP contribution in [0.3, 0.4) is 0 Å². The van der Waals surface area contributed by atoms with Crippen LogP contribution in [0.2, 0.25) is 0 Å². The zero-order valence-electron chi connectivity index (χ0n) is 13.9. The summed E-state index contributed by atoms with van der Waals surface area (Å²) in [6.45, 7) is 5.40. The number of carbonyl (C=O) groups excluding carboxylic acids is 1. The number of aromatic nitrogens is 3. The number of rotatable bonds is 4. The van der Waals surface area contributed by atoms with Crippen LogP contribution in [0.5, 0.6) is 0 Å². The van der Waals surface area contributed by atoms with Crippen molar-refractivity contribution in [1.82, 2.24) is 19.7 Å². The van der Waals surface area contributed by atoms with Gasteiger partial charge in [0.05, 0.1) is 5.69 Å². The van der Waals surface area contributed by atoms with E-state index in [0.29, 0.717) is 5.69 Å². The molecule has 0 saturated carbocycles. The summed E-state index contributed by atoms with van der Waals surface area (Å²) in [5.41, 5.74) is 2.51. The third kappa shape index (κ3) is 3.36. The second-order valence-electron chi connectivity index (χ2n) is 6.13. The molecule has 1 saturated heterocycles. The maximum absolute atomic E-state index is 12.8. The number of hydrogen-bond donors (Lipinski definition) is 1. The monoisotopic (exact) mass is 313 g/mol. The van der Waals surface area contributed by atoms with Crippen LogP contribution in [0, 0.1) is 13.8 Å². The van der Waals surface area contributed by atoms with Crippen LogP contribution in [0.25, 0.3) is 0 Å². The van der Waals surface area contributed by atoms with Crippen LogP contribution in [-0.4, -0.2) is 44.7 Å². The number of aryl methyl sites for hydroxylation is 3. The van der Waals surface area contributed by atoms with E-state index < -0.39 is 0 Å². The van der Waals surface area contributed by atoms with Crippen LogP contribution in [0.15, 0.2) is 24.3 Å². The van der Waals surface area contributed by atoms with Crippen molar-refractivity contribution in [2.45, 2.75) is 32.7 Å². The lowest BCUT2D eigenvalue weighted by molar-refractivity contribution is 0.0732. The zero-order chi connectivity index (χ0) is 16.4. The highest BCUT2D eigenvalue weighted by Crippen LogP contribution is 2.21. The molecule has 3 heterocycles. The van der Waals surface area contributed by atoms with Gasteiger partial charge < -0.3 is 10.2 Å². The smallest absolute Gasteiger partial charge is 0.272 e. The highest BCUT2D eigenvalue weighted by atomic mass is 16.2. The largest absolute Gasteiger partial charge is 0.368 e. The van der Waals surface area contributed by atoms with Gasteiger partial charge in [-0.2, -0.15) is 5.10 Å². The summed E-state index contributed by atoms with van der Waals surface area (Å²) in [4.78, 5) is 19.2. The molecule has 1 aliphatic heterocycles. The summed E-state index contributed by atoms with van der Waals surface area (Å²) in [5, 5.41) is 7.63. The molecular weight excluding hydrogens is 290 g/mol. The maximum Gasteiger partial charge on any atom is 0.272 e. The van der Waals surface area contributed by atoms with Gasteiger partial charge in [-0.3, -0.25) is 9.48 Å². The first-order valence-corrected chi connectivity index (χ1v) is 8.04. The number of anilines is 1. The van der Waals surface area contributed by atoms with E-state index >= 15 is 0 Å². The van der Waals surface area contributed by atoms with Crippen LogP contribution in [-0.2, 0) is 7.05 Å². The van der Waals surface area contributed by atoms with E-state index in [2.05, 4.69) is 15.4 Å². The van der Waals surface area contributed by atoms with Crippen LogP contribution in [0.1, 0.15) is 34.7 Å². The maximum atomic E-state index is 12.8. The summed E-state index contributed by atoms with van der Waals surface area (Å²) in [6.07, 6.45) is 2.05. The van der Waals surface area contributed by atoms with Gasteiger partial charge in [-0.05, 0) is 44.9 Å². The number of nitrogens with zero attached hydrogens (tertiary/aromatic N) is 4. The average Bonchev–Trinajstić information content (AvgIpc) is 3.10. The first-order valence-electron chi connectivity index (χ1n) is 8.04. The van der Waals surface area contributed by atoms with Gasteiger partial charge in [0.2, 0.25) is 0 Å². The molecule has 0 aromatic carbocycles. The molecule has 1 aliphatic rings. The number of amides is 1. The van der Waals surface area contributed by atoms with Crippen LogP contribution < -0.4 is 5.32 Å². The van der Waals surface area contributed by atoms with E-state index in [0.717, 1.165) is 43.1 Å². The van der Waals surface area contributed by atoms with Gasteiger partial charge in [0.1, 0.15) is 11.5 Å². The highest BCUT2D eigenvalue weighted by Gasteiger charge is 2.30. The molecule has 1 N–H and O–H groups in total. The topological polar surface area (TPSA) is 63.1 Å². The van der Waals surface area contributed by atoms with E-state index in [1.807, 2.05) is 50.1 Å². The highest BCUT2D eigenvalue weighted by molar-refractivity contribution is 5.93. The lowest BCUT2D eigenvalue weighted by Gasteiger charge is -2.25. The van der Waals surface area contributed by atoms with E-state index in [1.54, 1.807) is 4.68 Å². The quantitative estimate of drug-likeness (QED) is 0.939. The minimum atomic E-state index is 0.0644. The molecule has 0 aliphatic carbocycles. The second kappa shape index (κ2) is 6.40. The predicted octanol–water partition coefficient (Wildman–Crippen LogP) is 2.15. The van der Waals surface area contributed by atoms with Gasteiger partial charge >= 0.3 is 0 Å².